The van der Waals surface area contributed by atoms with Crippen LogP contribution in [0.2, 0.25) is 5.02 Å². The highest BCUT2D eigenvalue weighted by molar-refractivity contribution is 7.84. The number of aromatic amines is 1. The number of nitrogens with one attached hydrogen (secondary N) is 1. The number of benzene rings is 1. The third kappa shape index (κ3) is 3.10. The van der Waals surface area contributed by atoms with Crippen molar-refractivity contribution in [3.8, 4) is 5.69 Å². The fourth-order valence-corrected chi connectivity index (χ4v) is 3.91. The van der Waals surface area contributed by atoms with E-state index in [0.717, 1.165) is 28.0 Å². The number of halogens is 1. The van der Waals surface area contributed by atoms with Crippen molar-refractivity contribution in [2.45, 2.75) is 17.8 Å². The van der Waals surface area contributed by atoms with Crippen molar-refractivity contribution in [3.63, 3.8) is 0 Å². The first kappa shape index (κ1) is 16.1. The summed E-state index contributed by atoms with van der Waals surface area (Å²) in [6.45, 7) is 1.88. The Morgan fingerprint density at radius 2 is 2.04 bits per heavy atom. The van der Waals surface area contributed by atoms with Crippen molar-refractivity contribution < 1.29 is 4.21 Å². The van der Waals surface area contributed by atoms with E-state index in [1.165, 1.54) is 0 Å². The normalized spacial score (nSPS) is 12.6. The second kappa shape index (κ2) is 6.46. The molecule has 0 aliphatic rings. The number of rotatable bonds is 4. The van der Waals surface area contributed by atoms with E-state index >= 15 is 0 Å². The van der Waals surface area contributed by atoms with Gasteiger partial charge in [-0.3, -0.25) is 9.19 Å². The number of hydrogen-bond donors (Lipinski definition) is 1. The summed E-state index contributed by atoms with van der Waals surface area (Å²) < 4.78 is 14.7. The van der Waals surface area contributed by atoms with E-state index in [1.807, 2.05) is 54.2 Å². The zero-order chi connectivity index (χ0) is 17.4. The Labute approximate surface area is 152 Å². The second-order valence-corrected chi connectivity index (χ2v) is 7.46. The first-order valence-corrected chi connectivity index (χ1v) is 9.43. The number of imidazole rings is 1. The molecule has 0 radical (unpaired) electrons. The van der Waals surface area contributed by atoms with Gasteiger partial charge in [-0.2, -0.15) is 0 Å². The van der Waals surface area contributed by atoms with Gasteiger partial charge in [0.05, 0.1) is 33.3 Å². The molecular formula is C18H15ClN4OS. The molecule has 1 unspecified atom stereocenters. The van der Waals surface area contributed by atoms with Gasteiger partial charge in [-0.15, -0.1) is 0 Å². The van der Waals surface area contributed by atoms with Crippen molar-refractivity contribution >= 4 is 33.4 Å². The molecule has 25 heavy (non-hydrogen) atoms. The molecule has 7 heteroatoms. The smallest absolute Gasteiger partial charge is 0.197 e. The Bertz CT molecular complexity index is 1070. The van der Waals surface area contributed by atoms with Gasteiger partial charge in [0.2, 0.25) is 0 Å². The van der Waals surface area contributed by atoms with Crippen LogP contribution < -0.4 is 0 Å². The van der Waals surface area contributed by atoms with E-state index in [4.69, 9.17) is 11.6 Å². The molecule has 126 valence electrons. The van der Waals surface area contributed by atoms with E-state index in [0.29, 0.717) is 10.2 Å². The van der Waals surface area contributed by atoms with Crippen LogP contribution in [0.15, 0.2) is 60.1 Å². The molecule has 0 aliphatic heterocycles. The second-order valence-electron chi connectivity index (χ2n) is 5.69. The molecule has 4 aromatic rings. The van der Waals surface area contributed by atoms with E-state index in [1.54, 1.807) is 12.3 Å². The molecule has 5 nitrogen and oxygen atoms in total. The largest absolute Gasteiger partial charge is 0.331 e. The summed E-state index contributed by atoms with van der Waals surface area (Å²) in [5.74, 6) is 0.274. The van der Waals surface area contributed by atoms with E-state index < -0.39 is 10.8 Å². The van der Waals surface area contributed by atoms with Crippen LogP contribution in [0.1, 0.15) is 11.3 Å². The molecule has 3 heterocycles. The SMILES string of the molecule is Cc1c(Cl)ccnc1CS(=O)c1nc2ccc(-n3cccc3)cc2[nH]1. The Morgan fingerprint density at radius 1 is 1.24 bits per heavy atom. The fraction of sp³-hybridized carbons (Fsp3) is 0.111. The van der Waals surface area contributed by atoms with Gasteiger partial charge in [-0.05, 0) is 48.9 Å². The van der Waals surface area contributed by atoms with Crippen molar-refractivity contribution in [2.75, 3.05) is 0 Å². The van der Waals surface area contributed by atoms with Gasteiger partial charge in [-0.1, -0.05) is 11.6 Å². The molecule has 0 spiro atoms. The summed E-state index contributed by atoms with van der Waals surface area (Å²) in [6, 6.07) is 11.6. The third-order valence-corrected chi connectivity index (χ3v) is 5.64. The molecule has 1 aromatic carbocycles. The number of pyridine rings is 1. The molecule has 1 N–H and O–H groups in total. The molecule has 0 aliphatic carbocycles. The highest BCUT2D eigenvalue weighted by Gasteiger charge is 2.14. The fourth-order valence-electron chi connectivity index (χ4n) is 2.64. The van der Waals surface area contributed by atoms with Gasteiger partial charge in [0.15, 0.2) is 5.16 Å². The highest BCUT2D eigenvalue weighted by atomic mass is 35.5. The summed E-state index contributed by atoms with van der Waals surface area (Å²) in [5.41, 5.74) is 4.23. The van der Waals surface area contributed by atoms with Crippen molar-refractivity contribution in [1.82, 2.24) is 19.5 Å². The van der Waals surface area contributed by atoms with Gasteiger partial charge in [-0.25, -0.2) is 4.98 Å². The number of hydrogen-bond acceptors (Lipinski definition) is 3. The van der Waals surface area contributed by atoms with Crippen LogP contribution in [-0.4, -0.2) is 23.7 Å². The maximum Gasteiger partial charge on any atom is 0.197 e. The van der Waals surface area contributed by atoms with Gasteiger partial charge >= 0.3 is 0 Å². The maximum atomic E-state index is 12.7. The monoisotopic (exact) mass is 370 g/mol. The number of H-pyrrole nitrogens is 1. The van der Waals surface area contributed by atoms with Crippen LogP contribution in [0.5, 0.6) is 0 Å². The standard InChI is InChI=1S/C18H15ClN4OS/c1-12-14(19)6-7-20-17(12)11-25(24)18-21-15-5-4-13(10-16(15)22-18)23-8-2-3-9-23/h2-10H,11H2,1H3,(H,21,22). The van der Waals surface area contributed by atoms with Gasteiger partial charge in [0.25, 0.3) is 0 Å². The van der Waals surface area contributed by atoms with Crippen molar-refractivity contribution in [1.29, 1.82) is 0 Å². The summed E-state index contributed by atoms with van der Waals surface area (Å²) in [7, 11) is -1.32. The number of nitrogens with zero attached hydrogens (tertiary/aromatic N) is 3. The van der Waals surface area contributed by atoms with Gasteiger partial charge in [0.1, 0.15) is 0 Å². The summed E-state index contributed by atoms with van der Waals surface area (Å²) in [4.78, 5) is 11.9. The molecular weight excluding hydrogens is 356 g/mol. The highest BCUT2D eigenvalue weighted by Crippen LogP contribution is 2.21. The first-order valence-electron chi connectivity index (χ1n) is 7.73. The molecule has 0 amide bonds. The minimum atomic E-state index is -1.32. The van der Waals surface area contributed by atoms with Crippen molar-refractivity contribution in [3.05, 3.63) is 71.3 Å². The summed E-state index contributed by atoms with van der Waals surface area (Å²) in [5, 5.41) is 1.07. The zero-order valence-electron chi connectivity index (χ0n) is 13.4. The Kier molecular flexibility index (Phi) is 4.15. The number of fused-ring (bicyclic) bond motifs is 1. The lowest BCUT2D eigenvalue weighted by atomic mass is 10.2. The third-order valence-electron chi connectivity index (χ3n) is 4.07. The summed E-state index contributed by atoms with van der Waals surface area (Å²) in [6.07, 6.45) is 5.58. The lowest BCUT2D eigenvalue weighted by molar-refractivity contribution is 0.676. The molecule has 0 fully saturated rings. The number of aromatic nitrogens is 4. The first-order chi connectivity index (χ1) is 12.1. The molecule has 3 aromatic heterocycles. The molecule has 4 rings (SSSR count). The van der Waals surface area contributed by atoms with Gasteiger partial charge in [0, 0.05) is 29.3 Å². The van der Waals surface area contributed by atoms with E-state index in [-0.39, 0.29) is 5.75 Å². The minimum absolute atomic E-state index is 0.274. The lowest BCUT2D eigenvalue weighted by Crippen LogP contribution is -2.02. The molecule has 0 saturated carbocycles. The quantitative estimate of drug-likeness (QED) is 0.590. The lowest BCUT2D eigenvalue weighted by Gasteiger charge is -2.04. The van der Waals surface area contributed by atoms with Crippen LogP contribution in [0.3, 0.4) is 0 Å². The predicted molar refractivity (Wildman–Crippen MR) is 99.5 cm³/mol. The van der Waals surface area contributed by atoms with Crippen LogP contribution >= 0.6 is 11.6 Å². The molecule has 0 bridgehead atoms. The van der Waals surface area contributed by atoms with Crippen molar-refractivity contribution in [2.24, 2.45) is 0 Å². The molecule has 1 atom stereocenters. The molecule has 0 saturated heterocycles. The average molecular weight is 371 g/mol. The van der Waals surface area contributed by atoms with Crippen LogP contribution in [0.25, 0.3) is 16.7 Å². The summed E-state index contributed by atoms with van der Waals surface area (Å²) >= 11 is 6.11. The van der Waals surface area contributed by atoms with Crippen LogP contribution in [0, 0.1) is 6.92 Å². The average Bonchev–Trinajstić information content (AvgIpc) is 3.27. The van der Waals surface area contributed by atoms with Gasteiger partial charge < -0.3 is 9.55 Å². The van der Waals surface area contributed by atoms with E-state index in [9.17, 15) is 4.21 Å². The predicted octanol–water partition coefficient (Wildman–Crippen LogP) is 4.02. The van der Waals surface area contributed by atoms with E-state index in [2.05, 4.69) is 15.0 Å². The Balaban J connectivity index is 1.65. The van der Waals surface area contributed by atoms with Crippen LogP contribution in [-0.2, 0) is 16.6 Å². The van der Waals surface area contributed by atoms with Crippen LogP contribution in [0.4, 0.5) is 0 Å². The Hall–Kier alpha value is -2.44. The Morgan fingerprint density at radius 3 is 2.84 bits per heavy atom. The maximum absolute atomic E-state index is 12.7. The zero-order valence-corrected chi connectivity index (χ0v) is 15.0. The minimum Gasteiger partial charge on any atom is -0.331 e. The topological polar surface area (TPSA) is 63.6 Å².